The minimum Gasteiger partial charge on any atom is -0.493 e. The molecule has 0 spiro atoms. The fourth-order valence-electron chi connectivity index (χ4n) is 3.28. The standard InChI is InChI=1S/C22H26FN3O3/c1-26(2)22-15(13-24-12-14-6-8-16(23)9-7-14)10-17-18(25-22)11-19(27-3)21(29-5)20(17)28-4/h6-11,24H,12-13H2,1-5H3. The van der Waals surface area contributed by atoms with Crippen molar-refractivity contribution in [1.82, 2.24) is 10.3 Å². The van der Waals surface area contributed by atoms with E-state index >= 15 is 0 Å². The number of benzene rings is 2. The first kappa shape index (κ1) is 20.7. The highest BCUT2D eigenvalue weighted by Crippen LogP contribution is 2.43. The van der Waals surface area contributed by atoms with Gasteiger partial charge in [0.1, 0.15) is 11.6 Å². The number of anilines is 1. The van der Waals surface area contributed by atoms with Gasteiger partial charge in [0.15, 0.2) is 11.5 Å². The molecule has 0 aliphatic carbocycles. The lowest BCUT2D eigenvalue weighted by atomic mass is 10.1. The lowest BCUT2D eigenvalue weighted by Gasteiger charge is -2.20. The molecular weight excluding hydrogens is 373 g/mol. The van der Waals surface area contributed by atoms with Crippen molar-refractivity contribution in [1.29, 1.82) is 0 Å². The van der Waals surface area contributed by atoms with Crippen LogP contribution >= 0.6 is 0 Å². The zero-order valence-corrected chi connectivity index (χ0v) is 17.4. The fourth-order valence-corrected chi connectivity index (χ4v) is 3.28. The Morgan fingerprint density at radius 1 is 0.931 bits per heavy atom. The van der Waals surface area contributed by atoms with Crippen molar-refractivity contribution >= 4 is 16.7 Å². The molecule has 3 aromatic rings. The Balaban J connectivity index is 1.98. The molecule has 0 unspecified atom stereocenters. The van der Waals surface area contributed by atoms with E-state index in [1.165, 1.54) is 12.1 Å². The summed E-state index contributed by atoms with van der Waals surface area (Å²) in [5, 5.41) is 4.24. The number of aromatic nitrogens is 1. The third-order valence-electron chi connectivity index (χ3n) is 4.66. The van der Waals surface area contributed by atoms with Crippen molar-refractivity contribution in [2.24, 2.45) is 0 Å². The Kier molecular flexibility index (Phi) is 6.39. The molecule has 0 radical (unpaired) electrons. The minimum atomic E-state index is -0.237. The lowest BCUT2D eigenvalue weighted by molar-refractivity contribution is 0.327. The van der Waals surface area contributed by atoms with Crippen molar-refractivity contribution < 1.29 is 18.6 Å². The average molecular weight is 399 g/mol. The van der Waals surface area contributed by atoms with Crippen molar-refractivity contribution in [3.8, 4) is 17.2 Å². The summed E-state index contributed by atoms with van der Waals surface area (Å²) in [7, 11) is 8.68. The smallest absolute Gasteiger partial charge is 0.204 e. The highest BCUT2D eigenvalue weighted by Gasteiger charge is 2.19. The maximum atomic E-state index is 13.1. The van der Waals surface area contributed by atoms with Crippen molar-refractivity contribution in [3.63, 3.8) is 0 Å². The molecule has 1 heterocycles. The molecule has 0 aliphatic heterocycles. The Morgan fingerprint density at radius 3 is 2.21 bits per heavy atom. The number of pyridine rings is 1. The molecule has 3 rings (SSSR count). The third kappa shape index (κ3) is 4.35. The fraction of sp³-hybridized carbons (Fsp3) is 0.318. The van der Waals surface area contributed by atoms with Crippen LogP contribution in [0.3, 0.4) is 0 Å². The van der Waals surface area contributed by atoms with Crippen molar-refractivity contribution in [3.05, 3.63) is 53.3 Å². The molecule has 6 nitrogen and oxygen atoms in total. The minimum absolute atomic E-state index is 0.237. The number of nitrogens with one attached hydrogen (secondary N) is 1. The van der Waals surface area contributed by atoms with Crippen LogP contribution in [-0.4, -0.2) is 40.4 Å². The van der Waals surface area contributed by atoms with Gasteiger partial charge in [-0.15, -0.1) is 0 Å². The molecule has 7 heteroatoms. The molecule has 1 aromatic heterocycles. The third-order valence-corrected chi connectivity index (χ3v) is 4.66. The SMILES string of the molecule is COc1cc2nc(N(C)C)c(CNCc3ccc(F)cc3)cc2c(OC)c1OC. The van der Waals surface area contributed by atoms with Crippen LogP contribution in [0.1, 0.15) is 11.1 Å². The Labute approximate surface area is 170 Å². The van der Waals surface area contributed by atoms with Crippen LogP contribution in [0.25, 0.3) is 10.9 Å². The summed E-state index contributed by atoms with van der Waals surface area (Å²) < 4.78 is 29.6. The second-order valence-corrected chi connectivity index (χ2v) is 6.81. The van der Waals surface area contributed by atoms with E-state index < -0.39 is 0 Å². The van der Waals surface area contributed by atoms with Crippen LogP contribution in [-0.2, 0) is 13.1 Å². The summed E-state index contributed by atoms with van der Waals surface area (Å²) in [6.07, 6.45) is 0. The largest absolute Gasteiger partial charge is 0.493 e. The van der Waals surface area contributed by atoms with E-state index in [0.29, 0.717) is 30.3 Å². The van der Waals surface area contributed by atoms with Gasteiger partial charge in [0.05, 0.1) is 26.8 Å². The molecule has 154 valence electrons. The number of halogens is 1. The molecule has 0 atom stereocenters. The van der Waals surface area contributed by atoms with Gasteiger partial charge in [0, 0.05) is 44.2 Å². The first-order valence-corrected chi connectivity index (χ1v) is 9.23. The highest BCUT2D eigenvalue weighted by molar-refractivity contribution is 5.92. The molecule has 2 aromatic carbocycles. The van der Waals surface area contributed by atoms with Gasteiger partial charge in [-0.25, -0.2) is 9.37 Å². The Bertz CT molecular complexity index is 991. The Hall–Kier alpha value is -3.06. The number of hydrogen-bond acceptors (Lipinski definition) is 6. The van der Waals surface area contributed by atoms with Gasteiger partial charge in [-0.3, -0.25) is 0 Å². The van der Waals surface area contributed by atoms with Gasteiger partial charge in [0.2, 0.25) is 5.75 Å². The summed E-state index contributed by atoms with van der Waals surface area (Å²) in [6, 6.07) is 10.4. The van der Waals surface area contributed by atoms with Crippen molar-refractivity contribution in [2.45, 2.75) is 13.1 Å². The van der Waals surface area contributed by atoms with Crippen LogP contribution in [0.5, 0.6) is 17.2 Å². The molecule has 0 saturated heterocycles. The average Bonchev–Trinajstić information content (AvgIpc) is 2.72. The predicted molar refractivity (Wildman–Crippen MR) is 113 cm³/mol. The number of hydrogen-bond donors (Lipinski definition) is 1. The van der Waals surface area contributed by atoms with E-state index in [9.17, 15) is 4.39 Å². The van der Waals surface area contributed by atoms with Crippen LogP contribution < -0.4 is 24.4 Å². The number of methoxy groups -OCH3 is 3. The number of nitrogens with zero attached hydrogens (tertiary/aromatic N) is 2. The van der Waals surface area contributed by atoms with Gasteiger partial charge >= 0.3 is 0 Å². The first-order chi connectivity index (χ1) is 14.0. The molecule has 0 fully saturated rings. The monoisotopic (exact) mass is 399 g/mol. The van der Waals surface area contributed by atoms with E-state index in [4.69, 9.17) is 19.2 Å². The van der Waals surface area contributed by atoms with Gasteiger partial charge in [-0.2, -0.15) is 0 Å². The maximum absolute atomic E-state index is 13.1. The summed E-state index contributed by atoms with van der Waals surface area (Å²) in [5.41, 5.74) is 2.77. The molecule has 0 saturated carbocycles. The van der Waals surface area contributed by atoms with Crippen LogP contribution in [0.4, 0.5) is 10.2 Å². The number of fused-ring (bicyclic) bond motifs is 1. The molecular formula is C22H26FN3O3. The van der Waals surface area contributed by atoms with Gasteiger partial charge < -0.3 is 24.4 Å². The molecule has 0 bridgehead atoms. The van der Waals surface area contributed by atoms with Gasteiger partial charge in [0.25, 0.3) is 0 Å². The first-order valence-electron chi connectivity index (χ1n) is 9.23. The van der Waals surface area contributed by atoms with Gasteiger partial charge in [-0.1, -0.05) is 12.1 Å². The topological polar surface area (TPSA) is 55.9 Å². The second-order valence-electron chi connectivity index (χ2n) is 6.81. The Morgan fingerprint density at radius 2 is 1.62 bits per heavy atom. The van der Waals surface area contributed by atoms with Crippen LogP contribution in [0, 0.1) is 5.82 Å². The number of ether oxygens (including phenoxy) is 3. The highest BCUT2D eigenvalue weighted by atomic mass is 19.1. The van der Waals surface area contributed by atoms with E-state index in [-0.39, 0.29) is 5.82 Å². The van der Waals surface area contributed by atoms with E-state index in [1.807, 2.05) is 25.1 Å². The van der Waals surface area contributed by atoms with E-state index in [0.717, 1.165) is 27.8 Å². The quantitative estimate of drug-likeness (QED) is 0.623. The maximum Gasteiger partial charge on any atom is 0.204 e. The molecule has 0 amide bonds. The number of rotatable bonds is 8. The van der Waals surface area contributed by atoms with E-state index in [2.05, 4.69) is 11.4 Å². The summed E-state index contributed by atoms with van der Waals surface area (Å²) in [6.45, 7) is 1.21. The molecule has 0 aliphatic rings. The molecule has 1 N–H and O–H groups in total. The van der Waals surface area contributed by atoms with Crippen LogP contribution in [0.15, 0.2) is 36.4 Å². The van der Waals surface area contributed by atoms with Gasteiger partial charge in [-0.05, 0) is 23.8 Å². The normalized spacial score (nSPS) is 10.8. The zero-order chi connectivity index (χ0) is 21.0. The predicted octanol–water partition coefficient (Wildman–Crippen LogP) is 3.76. The summed E-state index contributed by atoms with van der Waals surface area (Å²) >= 11 is 0. The lowest BCUT2D eigenvalue weighted by Crippen LogP contribution is -2.18. The summed E-state index contributed by atoms with van der Waals surface area (Å²) in [4.78, 5) is 6.80. The zero-order valence-electron chi connectivity index (χ0n) is 17.4. The van der Waals surface area contributed by atoms with Crippen LogP contribution in [0.2, 0.25) is 0 Å². The summed E-state index contributed by atoms with van der Waals surface area (Å²) in [5.74, 6) is 2.29. The molecule has 29 heavy (non-hydrogen) atoms. The van der Waals surface area contributed by atoms with Crippen molar-refractivity contribution in [2.75, 3.05) is 40.3 Å². The second kappa shape index (κ2) is 8.96. The van der Waals surface area contributed by atoms with E-state index in [1.54, 1.807) is 33.5 Å².